The molecule has 66 heavy (non-hydrogen) atoms. The number of nitrogens with zero attached hydrogens (tertiary/aromatic N) is 5. The SMILES string of the molecule is COC(=O)NC(C(=O)N1CCC[C@H]1c1ncc(-c2ccc3cc(-c4ccc(-c5cnc([C@@H]6CCCN6C(=O)[C@@H](Cc6cn(C)c7ccccc67)NC(=O)OC)[nH]5)cc4)ccc3c2)[nH]1)C(C)C. The minimum Gasteiger partial charge on any atom is -0.453 e. The van der Waals surface area contributed by atoms with Gasteiger partial charge in [-0.15, -0.1) is 0 Å². The van der Waals surface area contributed by atoms with E-state index in [9.17, 15) is 19.2 Å². The summed E-state index contributed by atoms with van der Waals surface area (Å²) >= 11 is 0. The summed E-state index contributed by atoms with van der Waals surface area (Å²) < 4.78 is 11.8. The van der Waals surface area contributed by atoms with Crippen LogP contribution in [0, 0.1) is 5.92 Å². The normalized spacial score (nSPS) is 17.1. The Morgan fingerprint density at radius 3 is 1.88 bits per heavy atom. The molecule has 2 saturated heterocycles. The number of aromatic nitrogens is 5. The van der Waals surface area contributed by atoms with E-state index in [1.807, 2.05) is 78.1 Å². The molecule has 0 aliphatic carbocycles. The Labute approximate surface area is 382 Å². The lowest BCUT2D eigenvalue weighted by atomic mass is 9.98. The molecule has 2 fully saturated rings. The van der Waals surface area contributed by atoms with Crippen molar-refractivity contribution in [3.05, 3.63) is 121 Å². The Morgan fingerprint density at radius 2 is 1.24 bits per heavy atom. The van der Waals surface area contributed by atoms with E-state index in [2.05, 4.69) is 81.3 Å². The Morgan fingerprint density at radius 1 is 0.697 bits per heavy atom. The van der Waals surface area contributed by atoms with Crippen molar-refractivity contribution in [1.29, 1.82) is 0 Å². The van der Waals surface area contributed by atoms with Crippen LogP contribution >= 0.6 is 0 Å². The van der Waals surface area contributed by atoms with Gasteiger partial charge in [0.2, 0.25) is 11.8 Å². The van der Waals surface area contributed by atoms with Crippen LogP contribution < -0.4 is 10.6 Å². The van der Waals surface area contributed by atoms with E-state index in [1.165, 1.54) is 14.2 Å². The molecule has 1 unspecified atom stereocenters. The second-order valence-electron chi connectivity index (χ2n) is 17.6. The van der Waals surface area contributed by atoms with Crippen molar-refractivity contribution in [2.75, 3.05) is 27.3 Å². The molecule has 4 N–H and O–H groups in total. The van der Waals surface area contributed by atoms with Gasteiger partial charge < -0.3 is 44.4 Å². The highest BCUT2D eigenvalue weighted by Gasteiger charge is 2.39. The van der Waals surface area contributed by atoms with E-state index >= 15 is 0 Å². The first-order chi connectivity index (χ1) is 32.0. The van der Waals surface area contributed by atoms with Crippen LogP contribution in [0.4, 0.5) is 9.59 Å². The zero-order valence-corrected chi connectivity index (χ0v) is 37.8. The monoisotopic (exact) mass is 889 g/mol. The van der Waals surface area contributed by atoms with Gasteiger partial charge in [-0.05, 0) is 82.8 Å². The van der Waals surface area contributed by atoms with Gasteiger partial charge in [0.15, 0.2) is 0 Å². The summed E-state index contributed by atoms with van der Waals surface area (Å²) in [5.41, 5.74) is 7.86. The highest BCUT2D eigenvalue weighted by atomic mass is 16.5. The number of likely N-dealkylation sites (tertiary alicyclic amines) is 2. The number of methoxy groups -OCH3 is 2. The zero-order valence-electron chi connectivity index (χ0n) is 37.8. The average Bonchev–Trinajstić information content (AvgIpc) is 4.20. The smallest absolute Gasteiger partial charge is 0.407 e. The summed E-state index contributed by atoms with van der Waals surface area (Å²) in [6.45, 7) is 4.96. The maximum Gasteiger partial charge on any atom is 0.407 e. The van der Waals surface area contributed by atoms with E-state index in [4.69, 9.17) is 19.4 Å². The Kier molecular flexibility index (Phi) is 12.3. The number of alkyl carbamates (subject to hydrolysis) is 2. The van der Waals surface area contributed by atoms with Gasteiger partial charge in [-0.3, -0.25) is 9.59 Å². The number of rotatable bonds is 12. The second kappa shape index (κ2) is 18.6. The Balaban J connectivity index is 0.870. The number of carbonyl (C=O) groups excluding carboxylic acids is 4. The number of hydrogen-bond donors (Lipinski definition) is 4. The average molecular weight is 890 g/mol. The van der Waals surface area contributed by atoms with Gasteiger partial charge in [0.1, 0.15) is 23.7 Å². The molecule has 7 aromatic rings. The number of aryl methyl sites for hydroxylation is 1. The van der Waals surface area contributed by atoms with E-state index in [0.717, 1.165) is 92.4 Å². The van der Waals surface area contributed by atoms with Gasteiger partial charge in [-0.25, -0.2) is 19.6 Å². The molecular formula is C51H55N9O6. The number of para-hydroxylation sites is 1. The van der Waals surface area contributed by atoms with Crippen molar-refractivity contribution in [2.45, 2.75) is 70.1 Å². The minimum atomic E-state index is -0.816. The minimum absolute atomic E-state index is 0.110. The van der Waals surface area contributed by atoms with Crippen LogP contribution in [-0.2, 0) is 32.5 Å². The number of aromatic amines is 2. The lowest BCUT2D eigenvalue weighted by Crippen LogP contribution is -2.51. The lowest BCUT2D eigenvalue weighted by Gasteiger charge is -2.30. The molecular weight excluding hydrogens is 835 g/mol. The fourth-order valence-corrected chi connectivity index (χ4v) is 9.66. The number of H-pyrrole nitrogens is 2. The summed E-state index contributed by atoms with van der Waals surface area (Å²) in [5, 5.41) is 8.74. The van der Waals surface area contributed by atoms with Crippen molar-refractivity contribution in [3.8, 4) is 33.6 Å². The summed E-state index contributed by atoms with van der Waals surface area (Å²) in [6.07, 6.45) is 7.90. The highest BCUT2D eigenvalue weighted by molar-refractivity contribution is 5.92. The number of fused-ring (bicyclic) bond motifs is 2. The fraction of sp³-hybridized carbons (Fsp3) is 0.333. The van der Waals surface area contributed by atoms with E-state index < -0.39 is 24.3 Å². The third kappa shape index (κ3) is 8.72. The molecule has 4 amide bonds. The van der Waals surface area contributed by atoms with Crippen molar-refractivity contribution in [1.82, 2.24) is 44.9 Å². The van der Waals surface area contributed by atoms with Crippen LogP contribution in [0.2, 0.25) is 0 Å². The molecule has 5 heterocycles. The number of benzene rings is 4. The van der Waals surface area contributed by atoms with Crippen LogP contribution in [-0.4, -0.2) is 97.7 Å². The molecule has 0 bridgehead atoms. The number of hydrogen-bond acceptors (Lipinski definition) is 8. The van der Waals surface area contributed by atoms with Crippen LogP contribution in [0.3, 0.4) is 0 Å². The number of carbonyl (C=O) groups is 4. The summed E-state index contributed by atoms with van der Waals surface area (Å²) in [7, 11) is 4.57. The number of imidazole rings is 2. The first-order valence-corrected chi connectivity index (χ1v) is 22.6. The molecule has 4 aromatic carbocycles. The van der Waals surface area contributed by atoms with E-state index in [0.29, 0.717) is 25.3 Å². The van der Waals surface area contributed by atoms with Gasteiger partial charge in [-0.2, -0.15) is 0 Å². The predicted molar refractivity (Wildman–Crippen MR) is 252 cm³/mol. The maximum absolute atomic E-state index is 14.3. The molecule has 15 nitrogen and oxygen atoms in total. The van der Waals surface area contributed by atoms with Gasteiger partial charge in [0.05, 0.1) is 50.1 Å². The molecule has 340 valence electrons. The van der Waals surface area contributed by atoms with Crippen molar-refractivity contribution in [3.63, 3.8) is 0 Å². The quantitative estimate of drug-likeness (QED) is 0.0944. The van der Waals surface area contributed by atoms with Crippen molar-refractivity contribution in [2.24, 2.45) is 13.0 Å². The first kappa shape index (κ1) is 43.8. The summed E-state index contributed by atoms with van der Waals surface area (Å²) in [4.78, 5) is 72.5. The molecule has 15 heteroatoms. The lowest BCUT2D eigenvalue weighted by molar-refractivity contribution is -0.135. The zero-order chi connectivity index (χ0) is 46.1. The highest BCUT2D eigenvalue weighted by Crippen LogP contribution is 2.36. The first-order valence-electron chi connectivity index (χ1n) is 22.6. The Hall–Kier alpha value is -7.42. The third-order valence-electron chi connectivity index (χ3n) is 13.1. The predicted octanol–water partition coefficient (Wildman–Crippen LogP) is 8.45. The van der Waals surface area contributed by atoms with Gasteiger partial charge >= 0.3 is 12.2 Å². The van der Waals surface area contributed by atoms with Crippen LogP contribution in [0.5, 0.6) is 0 Å². The number of ether oxygens (including phenoxy) is 2. The molecule has 2 aliphatic rings. The van der Waals surface area contributed by atoms with E-state index in [1.54, 1.807) is 0 Å². The third-order valence-corrected chi connectivity index (χ3v) is 13.1. The van der Waals surface area contributed by atoms with Gasteiger partial charge in [0, 0.05) is 49.2 Å². The maximum atomic E-state index is 14.3. The largest absolute Gasteiger partial charge is 0.453 e. The number of amides is 4. The fourth-order valence-electron chi connectivity index (χ4n) is 9.66. The van der Waals surface area contributed by atoms with E-state index in [-0.39, 0.29) is 29.8 Å². The Bertz CT molecular complexity index is 2920. The van der Waals surface area contributed by atoms with Crippen LogP contribution in [0.1, 0.15) is 68.8 Å². The summed E-state index contributed by atoms with van der Waals surface area (Å²) in [5.74, 6) is 1.01. The topological polar surface area (TPSA) is 180 Å². The molecule has 0 saturated carbocycles. The molecule has 2 aliphatic heterocycles. The molecule has 4 atom stereocenters. The van der Waals surface area contributed by atoms with Gasteiger partial charge in [-0.1, -0.05) is 80.6 Å². The summed E-state index contributed by atoms with van der Waals surface area (Å²) in [6, 6.07) is 27.2. The standard InChI is InChI=1S/C51H55N9O6/c1-30(2)45(57-51(64)66-5)49(62)60-23-9-13-44(60)47-53-28-41(55-47)36-21-20-34-24-33(18-19-35(34)25-36)31-14-16-32(17-15-31)40-27-52-46(54-40)43-12-8-22-59(43)48(61)39(56-50(63)65-4)26-37-29-58(3)42-11-7-6-10-38(37)42/h6-7,10-11,14-21,24-25,27-30,39,43-45H,8-9,12-13,22-23,26H2,1-5H3,(H,52,54)(H,53,55)(H,56,63)(H,57,64)/t39-,43+,44+,45?/m1/s1. The molecule has 0 spiro atoms. The van der Waals surface area contributed by atoms with Crippen LogP contribution in [0.15, 0.2) is 104 Å². The van der Waals surface area contributed by atoms with Gasteiger partial charge in [0.25, 0.3) is 0 Å². The molecule has 0 radical (unpaired) electrons. The number of nitrogens with one attached hydrogen (secondary N) is 4. The molecule has 3 aromatic heterocycles. The molecule has 9 rings (SSSR count). The van der Waals surface area contributed by atoms with Crippen molar-refractivity contribution >= 4 is 45.7 Å². The van der Waals surface area contributed by atoms with Crippen LogP contribution in [0.25, 0.3) is 55.3 Å². The second-order valence-corrected chi connectivity index (χ2v) is 17.6. The van der Waals surface area contributed by atoms with Crippen molar-refractivity contribution < 1.29 is 28.7 Å².